The van der Waals surface area contributed by atoms with Gasteiger partial charge in [-0.1, -0.05) is 19.9 Å². The van der Waals surface area contributed by atoms with Crippen LogP contribution >= 0.6 is 11.3 Å². The number of nitrogens with zero attached hydrogens (tertiary/aromatic N) is 2. The van der Waals surface area contributed by atoms with E-state index in [4.69, 9.17) is 9.47 Å². The van der Waals surface area contributed by atoms with Gasteiger partial charge in [-0.3, -0.25) is 9.20 Å². The van der Waals surface area contributed by atoms with Crippen LogP contribution in [0.1, 0.15) is 43.3 Å². The third-order valence-corrected chi connectivity index (χ3v) is 5.87. The summed E-state index contributed by atoms with van der Waals surface area (Å²) in [5.41, 5.74) is 2.79. The van der Waals surface area contributed by atoms with Crippen molar-refractivity contribution in [3.63, 3.8) is 0 Å². The Morgan fingerprint density at radius 1 is 1.21 bits per heavy atom. The Balaban J connectivity index is 1.56. The standard InChI is InChI=1S/C21H25N3O3S/c1-13(2)20(15-5-6-17-18(9-15)27-8-4-7-26-17)22-11-16-10-19(25)24-14(3)12-28-21(24)23-16/h5-6,9-10,12-13,20,22H,4,7-8,11H2,1-3H3/t20-/m0/s1. The lowest BCUT2D eigenvalue weighted by molar-refractivity contribution is 0.296. The van der Waals surface area contributed by atoms with E-state index in [2.05, 4.69) is 36.3 Å². The molecule has 1 aliphatic rings. The van der Waals surface area contributed by atoms with Gasteiger partial charge in [-0.25, -0.2) is 4.98 Å². The first-order valence-corrected chi connectivity index (χ1v) is 10.5. The molecule has 1 N–H and O–H groups in total. The SMILES string of the molecule is Cc1csc2nc(CN[C@H](c3ccc4c(c3)OCCCO4)C(C)C)cc(=O)n12. The van der Waals surface area contributed by atoms with E-state index in [0.29, 0.717) is 25.7 Å². The number of aryl methyl sites for hydroxylation is 1. The highest BCUT2D eigenvalue weighted by Gasteiger charge is 2.19. The van der Waals surface area contributed by atoms with E-state index in [-0.39, 0.29) is 11.6 Å². The lowest BCUT2D eigenvalue weighted by atomic mass is 9.95. The van der Waals surface area contributed by atoms with Crippen LogP contribution in [0.25, 0.3) is 4.96 Å². The molecule has 0 fully saturated rings. The molecule has 0 bridgehead atoms. The Labute approximate surface area is 168 Å². The fraction of sp³-hybridized carbons (Fsp3) is 0.429. The summed E-state index contributed by atoms with van der Waals surface area (Å²) < 4.78 is 13.2. The second-order valence-electron chi connectivity index (χ2n) is 7.44. The van der Waals surface area contributed by atoms with E-state index in [0.717, 1.165) is 39.8 Å². The van der Waals surface area contributed by atoms with Crippen LogP contribution in [-0.4, -0.2) is 22.6 Å². The molecule has 1 atom stereocenters. The van der Waals surface area contributed by atoms with Crippen molar-refractivity contribution in [3.8, 4) is 11.5 Å². The number of benzene rings is 1. The maximum absolute atomic E-state index is 12.4. The normalized spacial score (nSPS) is 15.0. The van der Waals surface area contributed by atoms with Gasteiger partial charge in [-0.2, -0.15) is 0 Å². The topological polar surface area (TPSA) is 64.9 Å². The Kier molecular flexibility index (Phi) is 5.37. The zero-order chi connectivity index (χ0) is 19.7. The van der Waals surface area contributed by atoms with Gasteiger partial charge >= 0.3 is 0 Å². The Hall–Kier alpha value is -2.38. The van der Waals surface area contributed by atoms with E-state index in [1.165, 1.54) is 11.3 Å². The molecule has 3 aromatic rings. The molecule has 148 valence electrons. The highest BCUT2D eigenvalue weighted by Crippen LogP contribution is 2.34. The molecule has 7 heteroatoms. The molecule has 1 aromatic carbocycles. The molecule has 0 saturated carbocycles. The number of hydrogen-bond donors (Lipinski definition) is 1. The van der Waals surface area contributed by atoms with E-state index in [9.17, 15) is 4.79 Å². The van der Waals surface area contributed by atoms with Crippen LogP contribution in [0.3, 0.4) is 0 Å². The second-order valence-corrected chi connectivity index (χ2v) is 8.28. The van der Waals surface area contributed by atoms with Crippen LogP contribution in [-0.2, 0) is 6.54 Å². The Morgan fingerprint density at radius 3 is 2.79 bits per heavy atom. The van der Waals surface area contributed by atoms with E-state index in [1.54, 1.807) is 10.5 Å². The molecule has 0 saturated heterocycles. The third kappa shape index (κ3) is 3.77. The molecule has 0 radical (unpaired) electrons. The molecular weight excluding hydrogens is 374 g/mol. The largest absolute Gasteiger partial charge is 0.490 e. The first-order valence-electron chi connectivity index (χ1n) is 9.62. The average Bonchev–Trinajstić information content (AvgIpc) is 2.88. The second kappa shape index (κ2) is 7.93. The van der Waals surface area contributed by atoms with Crippen molar-refractivity contribution >= 4 is 16.3 Å². The third-order valence-electron chi connectivity index (χ3n) is 4.93. The van der Waals surface area contributed by atoms with Gasteiger partial charge in [0.1, 0.15) is 0 Å². The summed E-state index contributed by atoms with van der Waals surface area (Å²) in [6, 6.07) is 7.86. The quantitative estimate of drug-likeness (QED) is 0.708. The summed E-state index contributed by atoms with van der Waals surface area (Å²) in [4.78, 5) is 17.8. The monoisotopic (exact) mass is 399 g/mol. The van der Waals surface area contributed by atoms with Crippen LogP contribution in [0.2, 0.25) is 0 Å². The number of aromatic nitrogens is 2. The molecule has 28 heavy (non-hydrogen) atoms. The van der Waals surface area contributed by atoms with Crippen molar-refractivity contribution in [3.05, 3.63) is 57.0 Å². The molecule has 3 heterocycles. The number of nitrogens with one attached hydrogen (secondary N) is 1. The predicted molar refractivity (Wildman–Crippen MR) is 111 cm³/mol. The van der Waals surface area contributed by atoms with Crippen molar-refractivity contribution in [1.82, 2.24) is 14.7 Å². The molecule has 6 nitrogen and oxygen atoms in total. The number of ether oxygens (including phenoxy) is 2. The number of fused-ring (bicyclic) bond motifs is 2. The van der Waals surface area contributed by atoms with Gasteiger partial charge < -0.3 is 14.8 Å². The van der Waals surface area contributed by atoms with Crippen molar-refractivity contribution in [2.45, 2.75) is 39.8 Å². The van der Waals surface area contributed by atoms with Crippen LogP contribution in [0.4, 0.5) is 0 Å². The number of rotatable bonds is 5. The zero-order valence-corrected chi connectivity index (χ0v) is 17.2. The van der Waals surface area contributed by atoms with Gasteiger partial charge in [0.2, 0.25) is 0 Å². The van der Waals surface area contributed by atoms with Gasteiger partial charge in [-0.05, 0) is 30.5 Å². The molecule has 0 unspecified atom stereocenters. The van der Waals surface area contributed by atoms with Crippen molar-refractivity contribution in [2.24, 2.45) is 5.92 Å². The maximum Gasteiger partial charge on any atom is 0.259 e. The van der Waals surface area contributed by atoms with Crippen LogP contribution in [0, 0.1) is 12.8 Å². The number of hydrogen-bond acceptors (Lipinski definition) is 6. The fourth-order valence-electron chi connectivity index (χ4n) is 3.52. The van der Waals surface area contributed by atoms with Crippen molar-refractivity contribution in [1.29, 1.82) is 0 Å². The van der Waals surface area contributed by atoms with Crippen LogP contribution in [0.15, 0.2) is 34.4 Å². The lowest BCUT2D eigenvalue weighted by Gasteiger charge is -2.24. The average molecular weight is 400 g/mol. The predicted octanol–water partition coefficient (Wildman–Crippen LogP) is 3.71. The minimum absolute atomic E-state index is 0.0303. The van der Waals surface area contributed by atoms with Gasteiger partial charge in [0.05, 0.1) is 18.9 Å². The summed E-state index contributed by atoms with van der Waals surface area (Å²) in [6.45, 7) is 8.15. The highest BCUT2D eigenvalue weighted by atomic mass is 32.1. The zero-order valence-electron chi connectivity index (χ0n) is 16.4. The maximum atomic E-state index is 12.4. The Bertz CT molecular complexity index is 1040. The van der Waals surface area contributed by atoms with Crippen molar-refractivity contribution in [2.75, 3.05) is 13.2 Å². The van der Waals surface area contributed by atoms with E-state index >= 15 is 0 Å². The van der Waals surface area contributed by atoms with Gasteiger partial charge in [0, 0.05) is 36.1 Å². The first-order chi connectivity index (χ1) is 13.5. The summed E-state index contributed by atoms with van der Waals surface area (Å²) in [5.74, 6) is 1.96. The summed E-state index contributed by atoms with van der Waals surface area (Å²) in [5, 5.41) is 5.52. The summed E-state index contributed by atoms with van der Waals surface area (Å²) in [6.07, 6.45) is 0.891. The minimum Gasteiger partial charge on any atom is -0.490 e. The molecule has 1 aliphatic heterocycles. The molecule has 0 amide bonds. The van der Waals surface area contributed by atoms with Gasteiger partial charge in [-0.15, -0.1) is 11.3 Å². The molecule has 2 aromatic heterocycles. The highest BCUT2D eigenvalue weighted by molar-refractivity contribution is 7.15. The Morgan fingerprint density at radius 2 is 2.00 bits per heavy atom. The minimum atomic E-state index is -0.0303. The fourth-order valence-corrected chi connectivity index (χ4v) is 4.41. The lowest BCUT2D eigenvalue weighted by Crippen LogP contribution is -2.27. The van der Waals surface area contributed by atoms with Crippen molar-refractivity contribution < 1.29 is 9.47 Å². The molecule has 0 aliphatic carbocycles. The molecular formula is C21H25N3O3S. The first kappa shape index (κ1) is 19.0. The van der Waals surface area contributed by atoms with Gasteiger partial charge in [0.25, 0.3) is 5.56 Å². The van der Waals surface area contributed by atoms with E-state index in [1.807, 2.05) is 18.4 Å². The van der Waals surface area contributed by atoms with Gasteiger partial charge in [0.15, 0.2) is 16.5 Å². The number of thiazole rings is 1. The molecule has 0 spiro atoms. The molecule has 4 rings (SSSR count). The van der Waals surface area contributed by atoms with Crippen LogP contribution in [0.5, 0.6) is 11.5 Å². The smallest absolute Gasteiger partial charge is 0.259 e. The van der Waals surface area contributed by atoms with E-state index < -0.39 is 0 Å². The van der Waals surface area contributed by atoms with Crippen LogP contribution < -0.4 is 20.3 Å². The summed E-state index contributed by atoms with van der Waals surface area (Å²) in [7, 11) is 0. The summed E-state index contributed by atoms with van der Waals surface area (Å²) >= 11 is 1.49.